The Morgan fingerprint density at radius 2 is 2.00 bits per heavy atom. The van der Waals surface area contributed by atoms with E-state index in [1.54, 1.807) is 0 Å². The summed E-state index contributed by atoms with van der Waals surface area (Å²) in [5.41, 5.74) is 6.29. The summed E-state index contributed by atoms with van der Waals surface area (Å²) >= 11 is 0. The lowest BCUT2D eigenvalue weighted by Crippen LogP contribution is -2.52. The molecule has 1 fully saturated rings. The normalized spacial score (nSPS) is 20.6. The van der Waals surface area contributed by atoms with Crippen molar-refractivity contribution >= 4 is 0 Å². The molecule has 2 N–H and O–H groups in total. The van der Waals surface area contributed by atoms with E-state index in [-0.39, 0.29) is 5.54 Å². The highest BCUT2D eigenvalue weighted by molar-refractivity contribution is 4.91. The SMILES string of the molecule is CCCCC(CC)(CN)N(C)CC1CC1. The number of hydrogen-bond acceptors (Lipinski definition) is 2. The van der Waals surface area contributed by atoms with Gasteiger partial charge in [-0.05, 0) is 38.6 Å². The van der Waals surface area contributed by atoms with E-state index in [9.17, 15) is 0 Å². The number of unbranched alkanes of at least 4 members (excludes halogenated alkanes) is 1. The predicted octanol–water partition coefficient (Wildman–Crippen LogP) is 2.63. The molecule has 2 nitrogen and oxygen atoms in total. The van der Waals surface area contributed by atoms with Crippen molar-refractivity contribution in [3.05, 3.63) is 0 Å². The molecule has 0 radical (unpaired) electrons. The van der Waals surface area contributed by atoms with Gasteiger partial charge in [0.05, 0.1) is 0 Å². The molecule has 0 heterocycles. The average molecular weight is 212 g/mol. The first-order valence-electron chi connectivity index (χ1n) is 6.59. The van der Waals surface area contributed by atoms with Crippen molar-refractivity contribution in [3.63, 3.8) is 0 Å². The number of hydrogen-bond donors (Lipinski definition) is 1. The maximum absolute atomic E-state index is 6.01. The fourth-order valence-corrected chi connectivity index (χ4v) is 2.43. The zero-order valence-corrected chi connectivity index (χ0v) is 10.8. The molecular weight excluding hydrogens is 184 g/mol. The number of likely N-dealkylation sites (N-methyl/N-ethyl adjacent to an activating group) is 1. The van der Waals surface area contributed by atoms with Gasteiger partial charge in [-0.15, -0.1) is 0 Å². The van der Waals surface area contributed by atoms with Crippen LogP contribution in [-0.2, 0) is 0 Å². The lowest BCUT2D eigenvalue weighted by atomic mass is 9.88. The van der Waals surface area contributed by atoms with E-state index in [0.717, 1.165) is 12.5 Å². The van der Waals surface area contributed by atoms with Crippen molar-refractivity contribution in [1.82, 2.24) is 4.90 Å². The Morgan fingerprint density at radius 3 is 2.40 bits per heavy atom. The molecule has 0 saturated heterocycles. The summed E-state index contributed by atoms with van der Waals surface area (Å²) in [7, 11) is 2.27. The molecule has 1 aliphatic rings. The van der Waals surface area contributed by atoms with Crippen LogP contribution in [0.4, 0.5) is 0 Å². The topological polar surface area (TPSA) is 29.3 Å². The van der Waals surface area contributed by atoms with Crippen LogP contribution in [0.1, 0.15) is 52.4 Å². The van der Waals surface area contributed by atoms with Gasteiger partial charge in [-0.1, -0.05) is 26.7 Å². The van der Waals surface area contributed by atoms with Gasteiger partial charge in [-0.2, -0.15) is 0 Å². The van der Waals surface area contributed by atoms with E-state index in [4.69, 9.17) is 5.73 Å². The second kappa shape index (κ2) is 5.86. The maximum atomic E-state index is 6.01. The third-order valence-corrected chi connectivity index (χ3v) is 4.07. The van der Waals surface area contributed by atoms with Crippen LogP contribution in [0.15, 0.2) is 0 Å². The minimum Gasteiger partial charge on any atom is -0.329 e. The van der Waals surface area contributed by atoms with Crippen LogP contribution in [0.25, 0.3) is 0 Å². The average Bonchev–Trinajstić information content (AvgIpc) is 3.04. The van der Waals surface area contributed by atoms with Gasteiger partial charge in [0.2, 0.25) is 0 Å². The van der Waals surface area contributed by atoms with Gasteiger partial charge >= 0.3 is 0 Å². The number of nitrogens with two attached hydrogens (primary N) is 1. The zero-order valence-electron chi connectivity index (χ0n) is 10.8. The van der Waals surface area contributed by atoms with Crippen molar-refractivity contribution in [2.24, 2.45) is 11.7 Å². The van der Waals surface area contributed by atoms with Crippen LogP contribution in [0.3, 0.4) is 0 Å². The Hall–Kier alpha value is -0.0800. The summed E-state index contributed by atoms with van der Waals surface area (Å²) in [5, 5.41) is 0. The lowest BCUT2D eigenvalue weighted by molar-refractivity contribution is 0.102. The smallest absolute Gasteiger partial charge is 0.0326 e. The summed E-state index contributed by atoms with van der Waals surface area (Å²) in [6, 6.07) is 0. The third-order valence-electron chi connectivity index (χ3n) is 4.07. The highest BCUT2D eigenvalue weighted by atomic mass is 15.2. The van der Waals surface area contributed by atoms with Crippen molar-refractivity contribution in [2.75, 3.05) is 20.1 Å². The van der Waals surface area contributed by atoms with Gasteiger partial charge in [0.1, 0.15) is 0 Å². The minimum atomic E-state index is 0.276. The quantitative estimate of drug-likeness (QED) is 0.670. The van der Waals surface area contributed by atoms with E-state index in [0.29, 0.717) is 0 Å². The highest BCUT2D eigenvalue weighted by Gasteiger charge is 2.34. The molecule has 0 amide bonds. The van der Waals surface area contributed by atoms with Crippen LogP contribution in [0.2, 0.25) is 0 Å². The molecule has 0 spiro atoms. The van der Waals surface area contributed by atoms with E-state index >= 15 is 0 Å². The molecule has 0 aliphatic heterocycles. The minimum absolute atomic E-state index is 0.276. The van der Waals surface area contributed by atoms with Crippen molar-refractivity contribution in [2.45, 2.75) is 57.9 Å². The molecule has 1 saturated carbocycles. The van der Waals surface area contributed by atoms with Crippen LogP contribution in [-0.4, -0.2) is 30.6 Å². The standard InChI is InChI=1S/C13H28N2/c1-4-6-9-13(5-2,11-14)15(3)10-12-7-8-12/h12H,4-11,14H2,1-3H3. The predicted molar refractivity (Wildman–Crippen MR) is 67.0 cm³/mol. The van der Waals surface area contributed by atoms with Gasteiger partial charge in [0.25, 0.3) is 0 Å². The Morgan fingerprint density at radius 1 is 1.33 bits per heavy atom. The Labute approximate surface area is 95.2 Å². The van der Waals surface area contributed by atoms with Crippen molar-refractivity contribution in [3.8, 4) is 0 Å². The van der Waals surface area contributed by atoms with Crippen LogP contribution < -0.4 is 5.73 Å². The maximum Gasteiger partial charge on any atom is 0.0326 e. The Bertz CT molecular complexity index is 171. The molecule has 1 unspecified atom stereocenters. The van der Waals surface area contributed by atoms with Gasteiger partial charge < -0.3 is 5.73 Å². The van der Waals surface area contributed by atoms with E-state index < -0.39 is 0 Å². The first-order valence-corrected chi connectivity index (χ1v) is 6.59. The molecule has 0 aromatic carbocycles. The van der Waals surface area contributed by atoms with Crippen LogP contribution in [0.5, 0.6) is 0 Å². The summed E-state index contributed by atoms with van der Waals surface area (Å²) in [6.45, 7) is 6.62. The molecular formula is C13H28N2. The second-order valence-corrected chi connectivity index (χ2v) is 5.21. The molecule has 90 valence electrons. The zero-order chi connectivity index (χ0) is 11.3. The first-order chi connectivity index (χ1) is 7.18. The highest BCUT2D eigenvalue weighted by Crippen LogP contribution is 2.33. The van der Waals surface area contributed by atoms with E-state index in [1.165, 1.54) is 45.1 Å². The van der Waals surface area contributed by atoms with Gasteiger partial charge in [-0.3, -0.25) is 4.90 Å². The molecule has 1 rings (SSSR count). The molecule has 0 aromatic heterocycles. The fraction of sp³-hybridized carbons (Fsp3) is 1.00. The van der Waals surface area contributed by atoms with E-state index in [2.05, 4.69) is 25.8 Å². The van der Waals surface area contributed by atoms with Crippen molar-refractivity contribution < 1.29 is 0 Å². The Kier molecular flexibility index (Phi) is 5.07. The largest absolute Gasteiger partial charge is 0.329 e. The number of rotatable bonds is 8. The summed E-state index contributed by atoms with van der Waals surface area (Å²) in [6.07, 6.45) is 7.90. The first kappa shape index (κ1) is 13.0. The lowest BCUT2D eigenvalue weighted by Gasteiger charge is -2.41. The molecule has 1 atom stereocenters. The molecule has 0 aromatic rings. The van der Waals surface area contributed by atoms with Crippen LogP contribution in [0, 0.1) is 5.92 Å². The van der Waals surface area contributed by atoms with Gasteiger partial charge in [-0.25, -0.2) is 0 Å². The van der Waals surface area contributed by atoms with Gasteiger partial charge in [0.15, 0.2) is 0 Å². The fourth-order valence-electron chi connectivity index (χ4n) is 2.43. The molecule has 0 bridgehead atoms. The molecule has 1 aliphatic carbocycles. The summed E-state index contributed by atoms with van der Waals surface area (Å²) in [4.78, 5) is 2.54. The monoisotopic (exact) mass is 212 g/mol. The summed E-state index contributed by atoms with van der Waals surface area (Å²) in [5.74, 6) is 0.967. The second-order valence-electron chi connectivity index (χ2n) is 5.21. The van der Waals surface area contributed by atoms with Gasteiger partial charge in [0, 0.05) is 18.6 Å². The van der Waals surface area contributed by atoms with E-state index in [1.807, 2.05) is 0 Å². The third kappa shape index (κ3) is 3.46. The Balaban J connectivity index is 2.50. The van der Waals surface area contributed by atoms with Crippen LogP contribution >= 0.6 is 0 Å². The number of nitrogens with zero attached hydrogens (tertiary/aromatic N) is 1. The summed E-state index contributed by atoms with van der Waals surface area (Å²) < 4.78 is 0. The van der Waals surface area contributed by atoms with Crippen molar-refractivity contribution in [1.29, 1.82) is 0 Å². The molecule has 15 heavy (non-hydrogen) atoms. The molecule has 2 heteroatoms.